The van der Waals surface area contributed by atoms with Crippen molar-refractivity contribution in [3.05, 3.63) is 0 Å². The average Bonchev–Trinajstić information content (AvgIpc) is 1.99. The summed E-state index contributed by atoms with van der Waals surface area (Å²) in [6.07, 6.45) is 0.340. The molecular weight excluding hydrogens is 138 g/mol. The van der Waals surface area contributed by atoms with Crippen LogP contribution >= 0.6 is 0 Å². The molecule has 0 aliphatic heterocycles. The van der Waals surface area contributed by atoms with Crippen molar-refractivity contribution < 1.29 is 14.8 Å². The van der Waals surface area contributed by atoms with Crippen LogP contribution in [0.2, 0.25) is 0 Å². The molecule has 0 bridgehead atoms. The molecule has 10 heavy (non-hydrogen) atoms. The molecule has 6 heteroatoms. The van der Waals surface area contributed by atoms with E-state index in [2.05, 4.69) is 5.32 Å². The highest BCUT2D eigenvalue weighted by molar-refractivity contribution is 5.82. The lowest BCUT2D eigenvalue weighted by molar-refractivity contribution is -0.132. The zero-order valence-corrected chi connectivity index (χ0v) is 5.20. The fraction of sp³-hybridized carbons (Fsp3) is 0.500. The van der Waals surface area contributed by atoms with Crippen LogP contribution in [0.4, 0.5) is 0 Å². The Morgan fingerprint density at radius 1 is 1.80 bits per heavy atom. The number of nitrogens with two attached hydrogens (primary N) is 1. The van der Waals surface area contributed by atoms with Crippen molar-refractivity contribution in [3.8, 4) is 0 Å². The fourth-order valence-corrected chi connectivity index (χ4v) is 0.411. The van der Waals surface area contributed by atoms with Crippen LogP contribution in [0.25, 0.3) is 0 Å². The number of carbonyl (C=O) groups is 2. The molecule has 0 aromatic heterocycles. The first kappa shape index (κ1) is 8.86. The number of amides is 2. The number of rotatable bonds is 4. The van der Waals surface area contributed by atoms with Crippen molar-refractivity contribution in [2.45, 2.75) is 6.04 Å². The van der Waals surface area contributed by atoms with E-state index in [1.165, 1.54) is 5.48 Å². The monoisotopic (exact) mass is 147 g/mol. The summed E-state index contributed by atoms with van der Waals surface area (Å²) >= 11 is 0. The van der Waals surface area contributed by atoms with Gasteiger partial charge in [0.05, 0.1) is 0 Å². The van der Waals surface area contributed by atoms with Crippen molar-refractivity contribution >= 4 is 12.3 Å². The third-order valence-electron chi connectivity index (χ3n) is 0.932. The van der Waals surface area contributed by atoms with Crippen LogP contribution in [0.1, 0.15) is 0 Å². The van der Waals surface area contributed by atoms with Gasteiger partial charge in [0.25, 0.3) is 5.91 Å². The highest BCUT2D eigenvalue weighted by Crippen LogP contribution is 1.75. The Kier molecular flexibility index (Phi) is 4.17. The second-order valence-electron chi connectivity index (χ2n) is 1.55. The maximum absolute atomic E-state index is 10.5. The predicted octanol–water partition coefficient (Wildman–Crippen LogP) is -2.43. The Balaban J connectivity index is 3.79. The third-order valence-corrected chi connectivity index (χ3v) is 0.932. The summed E-state index contributed by atoms with van der Waals surface area (Å²) < 4.78 is 0. The Bertz CT molecular complexity index is 127. The largest absolute Gasteiger partial charge is 0.346 e. The topological polar surface area (TPSA) is 104 Å². The van der Waals surface area contributed by atoms with Crippen molar-refractivity contribution in [2.75, 3.05) is 6.54 Å². The van der Waals surface area contributed by atoms with Crippen molar-refractivity contribution in [3.63, 3.8) is 0 Å². The van der Waals surface area contributed by atoms with E-state index >= 15 is 0 Å². The minimum absolute atomic E-state index is 0.0505. The minimum atomic E-state index is -0.859. The molecule has 0 aliphatic rings. The molecule has 0 radical (unpaired) electrons. The molecule has 2 amide bonds. The molecule has 5 N–H and O–H groups in total. The van der Waals surface area contributed by atoms with Crippen LogP contribution in [0.3, 0.4) is 0 Å². The number of nitrogens with one attached hydrogen (secondary N) is 2. The van der Waals surface area contributed by atoms with Gasteiger partial charge in [0.15, 0.2) is 0 Å². The van der Waals surface area contributed by atoms with Gasteiger partial charge in [-0.3, -0.25) is 14.8 Å². The summed E-state index contributed by atoms with van der Waals surface area (Å²) in [5.74, 6) is -0.727. The standard InChI is InChI=1S/C4H9N3O3/c5-1-3(6-2-8)4(9)7-10/h2-3,10H,1,5H2,(H,6,8)(H,7,9). The molecule has 0 heterocycles. The van der Waals surface area contributed by atoms with Crippen LogP contribution in [0, 0.1) is 0 Å². The average molecular weight is 147 g/mol. The van der Waals surface area contributed by atoms with E-state index < -0.39 is 11.9 Å². The molecule has 58 valence electrons. The molecule has 0 aromatic carbocycles. The highest BCUT2D eigenvalue weighted by atomic mass is 16.5. The molecule has 0 saturated carbocycles. The van der Waals surface area contributed by atoms with Crippen LogP contribution in [0.5, 0.6) is 0 Å². The summed E-state index contributed by atoms with van der Waals surface area (Å²) in [5, 5.41) is 10.2. The summed E-state index contributed by atoms with van der Waals surface area (Å²) in [7, 11) is 0. The molecule has 0 aromatic rings. The van der Waals surface area contributed by atoms with Gasteiger partial charge in [-0.15, -0.1) is 0 Å². The quantitative estimate of drug-likeness (QED) is 0.201. The number of hydrogen-bond donors (Lipinski definition) is 4. The first-order chi connectivity index (χ1) is 4.76. The second kappa shape index (κ2) is 4.71. The Morgan fingerprint density at radius 3 is 2.70 bits per heavy atom. The number of hydroxylamine groups is 1. The van der Waals surface area contributed by atoms with E-state index in [0.29, 0.717) is 6.41 Å². The Morgan fingerprint density at radius 2 is 2.40 bits per heavy atom. The van der Waals surface area contributed by atoms with Gasteiger partial charge in [-0.2, -0.15) is 0 Å². The normalized spacial score (nSPS) is 11.8. The van der Waals surface area contributed by atoms with Crippen LogP contribution < -0.4 is 16.5 Å². The zero-order valence-electron chi connectivity index (χ0n) is 5.20. The van der Waals surface area contributed by atoms with Crippen molar-refractivity contribution in [1.82, 2.24) is 10.8 Å². The van der Waals surface area contributed by atoms with Gasteiger partial charge in [-0.1, -0.05) is 0 Å². The van der Waals surface area contributed by atoms with Crippen LogP contribution in [0.15, 0.2) is 0 Å². The van der Waals surface area contributed by atoms with E-state index in [0.717, 1.165) is 0 Å². The molecular formula is C4H9N3O3. The SMILES string of the molecule is NCC(NC=O)C(=O)NO. The fourth-order valence-electron chi connectivity index (χ4n) is 0.411. The van der Waals surface area contributed by atoms with Crippen molar-refractivity contribution in [2.24, 2.45) is 5.73 Å². The summed E-state index contributed by atoms with van der Waals surface area (Å²) in [5.41, 5.74) is 6.40. The number of hydrogen-bond acceptors (Lipinski definition) is 4. The molecule has 0 fully saturated rings. The van der Waals surface area contributed by atoms with E-state index in [-0.39, 0.29) is 6.54 Å². The zero-order chi connectivity index (χ0) is 7.98. The molecule has 0 spiro atoms. The molecule has 0 saturated heterocycles. The van der Waals surface area contributed by atoms with Gasteiger partial charge >= 0.3 is 0 Å². The first-order valence-electron chi connectivity index (χ1n) is 2.60. The lowest BCUT2D eigenvalue weighted by atomic mass is 10.3. The van der Waals surface area contributed by atoms with Crippen LogP contribution in [-0.4, -0.2) is 30.1 Å². The summed E-state index contributed by atoms with van der Waals surface area (Å²) in [6, 6.07) is -0.859. The minimum Gasteiger partial charge on any atom is -0.346 e. The van der Waals surface area contributed by atoms with E-state index in [9.17, 15) is 9.59 Å². The molecule has 6 nitrogen and oxygen atoms in total. The van der Waals surface area contributed by atoms with Crippen molar-refractivity contribution in [1.29, 1.82) is 0 Å². The highest BCUT2D eigenvalue weighted by Gasteiger charge is 2.13. The molecule has 1 unspecified atom stereocenters. The predicted molar refractivity (Wildman–Crippen MR) is 32.0 cm³/mol. The van der Waals surface area contributed by atoms with E-state index in [4.69, 9.17) is 10.9 Å². The maximum Gasteiger partial charge on any atom is 0.267 e. The van der Waals surface area contributed by atoms with Gasteiger partial charge in [0.2, 0.25) is 6.41 Å². The van der Waals surface area contributed by atoms with Crippen LogP contribution in [-0.2, 0) is 9.59 Å². The Hall–Kier alpha value is -1.14. The summed E-state index contributed by atoms with van der Waals surface area (Å²) in [4.78, 5) is 20.2. The number of carbonyl (C=O) groups excluding carboxylic acids is 2. The van der Waals surface area contributed by atoms with Gasteiger partial charge in [0.1, 0.15) is 6.04 Å². The lowest BCUT2D eigenvalue weighted by Gasteiger charge is -2.09. The second-order valence-corrected chi connectivity index (χ2v) is 1.55. The smallest absolute Gasteiger partial charge is 0.267 e. The Labute approximate surface area is 57.3 Å². The summed E-state index contributed by atoms with van der Waals surface area (Å²) in [6.45, 7) is -0.0505. The first-order valence-corrected chi connectivity index (χ1v) is 2.60. The maximum atomic E-state index is 10.5. The van der Waals surface area contributed by atoms with Gasteiger partial charge < -0.3 is 11.1 Å². The van der Waals surface area contributed by atoms with Gasteiger partial charge in [0, 0.05) is 6.54 Å². The van der Waals surface area contributed by atoms with E-state index in [1.54, 1.807) is 0 Å². The molecule has 0 rings (SSSR count). The lowest BCUT2D eigenvalue weighted by Crippen LogP contribution is -2.47. The molecule has 0 aliphatic carbocycles. The third kappa shape index (κ3) is 2.42. The molecule has 1 atom stereocenters. The van der Waals surface area contributed by atoms with Gasteiger partial charge in [-0.05, 0) is 0 Å². The van der Waals surface area contributed by atoms with Gasteiger partial charge in [-0.25, -0.2) is 5.48 Å². The van der Waals surface area contributed by atoms with E-state index in [1.807, 2.05) is 0 Å².